The van der Waals surface area contributed by atoms with E-state index in [1.54, 1.807) is 26.0 Å². The second-order valence-electron chi connectivity index (χ2n) is 3.37. The average molecular weight is 242 g/mol. The first-order valence-corrected chi connectivity index (χ1v) is 4.63. The van der Waals surface area contributed by atoms with E-state index in [-0.39, 0.29) is 5.82 Å². The molecule has 0 spiro atoms. The molecule has 0 saturated heterocycles. The fourth-order valence-electron chi connectivity index (χ4n) is 0.949. The van der Waals surface area contributed by atoms with Crippen molar-refractivity contribution in [1.29, 1.82) is 5.26 Å². The number of hydrogen-bond acceptors (Lipinski definition) is 1. The maximum Gasteiger partial charge on any atom is 0.137 e. The second-order valence-corrected chi connectivity index (χ2v) is 4.22. The summed E-state index contributed by atoms with van der Waals surface area (Å²) in [6, 6.07) is 6.87. The van der Waals surface area contributed by atoms with E-state index in [4.69, 9.17) is 5.26 Å². The summed E-state index contributed by atoms with van der Waals surface area (Å²) in [6.45, 7) is 3.52. The first kappa shape index (κ1) is 10.2. The van der Waals surface area contributed by atoms with Crippen LogP contribution in [0.5, 0.6) is 0 Å². The summed E-state index contributed by atoms with van der Waals surface area (Å²) >= 11 is 3.06. The minimum Gasteiger partial charge on any atom is -0.206 e. The molecule has 0 radical (unpaired) electrons. The highest BCUT2D eigenvalue weighted by molar-refractivity contribution is 9.10. The van der Waals surface area contributed by atoms with Crippen molar-refractivity contribution in [1.82, 2.24) is 0 Å². The van der Waals surface area contributed by atoms with Crippen molar-refractivity contribution in [2.75, 3.05) is 0 Å². The number of nitrogens with zero attached hydrogens (tertiary/aromatic N) is 1. The Kier molecular flexibility index (Phi) is 2.72. The first-order chi connectivity index (χ1) is 5.97. The molecule has 68 valence electrons. The van der Waals surface area contributed by atoms with Crippen molar-refractivity contribution in [3.63, 3.8) is 0 Å². The van der Waals surface area contributed by atoms with Gasteiger partial charge in [-0.15, -0.1) is 0 Å². The summed E-state index contributed by atoms with van der Waals surface area (Å²) in [7, 11) is 0. The van der Waals surface area contributed by atoms with E-state index in [2.05, 4.69) is 22.0 Å². The van der Waals surface area contributed by atoms with Crippen LogP contribution in [0.15, 0.2) is 22.7 Å². The molecule has 0 aliphatic carbocycles. The van der Waals surface area contributed by atoms with Gasteiger partial charge in [0.2, 0.25) is 0 Å². The Balaban J connectivity index is 3.20. The summed E-state index contributed by atoms with van der Waals surface area (Å²) in [5.41, 5.74) is 0.0531. The lowest BCUT2D eigenvalue weighted by atomic mass is 9.86. The van der Waals surface area contributed by atoms with Gasteiger partial charge in [-0.1, -0.05) is 6.07 Å². The third kappa shape index (κ3) is 2.07. The Hall–Kier alpha value is -0.880. The molecule has 1 rings (SSSR count). The number of nitriles is 1. The van der Waals surface area contributed by atoms with Crippen LogP contribution in [0.4, 0.5) is 4.39 Å². The lowest BCUT2D eigenvalue weighted by molar-refractivity contribution is 0.607. The van der Waals surface area contributed by atoms with Gasteiger partial charge in [0.05, 0.1) is 16.0 Å². The molecule has 0 fully saturated rings. The maximum atomic E-state index is 13.1. The summed E-state index contributed by atoms with van der Waals surface area (Å²) in [4.78, 5) is 0. The maximum absolute atomic E-state index is 13.1. The fraction of sp³-hybridized carbons (Fsp3) is 0.300. The normalized spacial score (nSPS) is 11.0. The molecule has 0 aliphatic heterocycles. The van der Waals surface area contributed by atoms with E-state index in [1.165, 1.54) is 6.07 Å². The molecule has 13 heavy (non-hydrogen) atoms. The van der Waals surface area contributed by atoms with Crippen LogP contribution in [0.3, 0.4) is 0 Å². The smallest absolute Gasteiger partial charge is 0.137 e. The van der Waals surface area contributed by atoms with Gasteiger partial charge in [0.15, 0.2) is 0 Å². The Morgan fingerprint density at radius 3 is 2.54 bits per heavy atom. The zero-order valence-electron chi connectivity index (χ0n) is 7.44. The van der Waals surface area contributed by atoms with Crippen LogP contribution in [0.1, 0.15) is 19.4 Å². The average Bonchev–Trinajstić information content (AvgIpc) is 2.09. The Morgan fingerprint density at radius 2 is 2.08 bits per heavy atom. The third-order valence-corrected chi connectivity index (χ3v) is 2.56. The number of rotatable bonds is 1. The molecule has 0 bridgehead atoms. The highest BCUT2D eigenvalue weighted by Crippen LogP contribution is 2.25. The van der Waals surface area contributed by atoms with Crippen molar-refractivity contribution in [2.45, 2.75) is 19.3 Å². The van der Waals surface area contributed by atoms with E-state index in [0.29, 0.717) is 10.0 Å². The van der Waals surface area contributed by atoms with Gasteiger partial charge in [0.25, 0.3) is 0 Å². The quantitative estimate of drug-likeness (QED) is 0.740. The Morgan fingerprint density at radius 1 is 1.46 bits per heavy atom. The van der Waals surface area contributed by atoms with E-state index < -0.39 is 5.41 Å². The number of benzene rings is 1. The predicted octanol–water partition coefficient (Wildman–Crippen LogP) is 3.39. The van der Waals surface area contributed by atoms with Crippen LogP contribution in [-0.4, -0.2) is 0 Å². The summed E-state index contributed by atoms with van der Waals surface area (Å²) in [5.74, 6) is -0.333. The molecule has 1 aromatic carbocycles. The van der Waals surface area contributed by atoms with Crippen LogP contribution in [-0.2, 0) is 5.41 Å². The minimum absolute atomic E-state index is 0.333. The van der Waals surface area contributed by atoms with Gasteiger partial charge >= 0.3 is 0 Å². The highest BCUT2D eigenvalue weighted by atomic mass is 79.9. The van der Waals surface area contributed by atoms with E-state index >= 15 is 0 Å². The Labute approximate surface area is 85.3 Å². The Bertz CT molecular complexity index is 366. The monoisotopic (exact) mass is 241 g/mol. The molecule has 0 atom stereocenters. The summed E-state index contributed by atoms with van der Waals surface area (Å²) in [6.07, 6.45) is 0. The van der Waals surface area contributed by atoms with Gasteiger partial charge in [-0.3, -0.25) is 0 Å². The van der Waals surface area contributed by atoms with Gasteiger partial charge in [0, 0.05) is 0 Å². The van der Waals surface area contributed by atoms with Crippen LogP contribution in [0.25, 0.3) is 0 Å². The van der Waals surface area contributed by atoms with Gasteiger partial charge in [-0.25, -0.2) is 4.39 Å². The van der Waals surface area contributed by atoms with Crippen LogP contribution < -0.4 is 0 Å². The SMILES string of the molecule is CC(C)(C#N)c1ccc(Br)c(F)c1. The lowest BCUT2D eigenvalue weighted by Gasteiger charge is -2.15. The molecule has 0 unspecified atom stereocenters. The molecule has 1 aromatic rings. The van der Waals surface area contributed by atoms with E-state index in [0.717, 1.165) is 0 Å². The van der Waals surface area contributed by atoms with E-state index in [9.17, 15) is 4.39 Å². The third-order valence-electron chi connectivity index (χ3n) is 1.92. The lowest BCUT2D eigenvalue weighted by Crippen LogP contribution is -2.13. The topological polar surface area (TPSA) is 23.8 Å². The second kappa shape index (κ2) is 3.47. The van der Waals surface area contributed by atoms with E-state index in [1.807, 2.05) is 0 Å². The molecule has 0 aliphatic rings. The molecule has 0 heterocycles. The minimum atomic E-state index is -0.637. The number of halogens is 2. The van der Waals surface area contributed by atoms with Gasteiger partial charge in [0.1, 0.15) is 5.82 Å². The largest absolute Gasteiger partial charge is 0.206 e. The van der Waals surface area contributed by atoms with Crippen LogP contribution >= 0.6 is 15.9 Å². The van der Waals surface area contributed by atoms with Crippen molar-refractivity contribution in [2.24, 2.45) is 0 Å². The molecule has 0 saturated carbocycles. The van der Waals surface area contributed by atoms with Crippen molar-refractivity contribution in [3.8, 4) is 6.07 Å². The van der Waals surface area contributed by atoms with Crippen molar-refractivity contribution in [3.05, 3.63) is 34.1 Å². The highest BCUT2D eigenvalue weighted by Gasteiger charge is 2.20. The van der Waals surface area contributed by atoms with Gasteiger partial charge in [-0.2, -0.15) is 5.26 Å². The predicted molar refractivity (Wildman–Crippen MR) is 52.7 cm³/mol. The van der Waals surface area contributed by atoms with Crippen LogP contribution in [0.2, 0.25) is 0 Å². The zero-order chi connectivity index (χ0) is 10.1. The van der Waals surface area contributed by atoms with Gasteiger partial charge < -0.3 is 0 Å². The number of hydrogen-bond donors (Lipinski definition) is 0. The standard InChI is InChI=1S/C10H9BrFN/c1-10(2,6-13)7-3-4-8(11)9(12)5-7/h3-5H,1-2H3. The van der Waals surface area contributed by atoms with Crippen molar-refractivity contribution >= 4 is 15.9 Å². The van der Waals surface area contributed by atoms with Crippen molar-refractivity contribution < 1.29 is 4.39 Å². The van der Waals surface area contributed by atoms with Crippen LogP contribution in [0, 0.1) is 17.1 Å². The summed E-state index contributed by atoms with van der Waals surface area (Å²) < 4.78 is 13.5. The molecule has 3 heteroatoms. The fourth-order valence-corrected chi connectivity index (χ4v) is 1.20. The van der Waals surface area contributed by atoms with Gasteiger partial charge in [-0.05, 0) is 47.5 Å². The first-order valence-electron chi connectivity index (χ1n) is 3.84. The summed E-state index contributed by atoms with van der Waals surface area (Å²) in [5, 5.41) is 8.82. The molecule has 0 amide bonds. The molecular weight excluding hydrogens is 233 g/mol. The molecule has 0 N–H and O–H groups in total. The zero-order valence-corrected chi connectivity index (χ0v) is 9.02. The molecular formula is C10H9BrFN. The molecule has 0 aromatic heterocycles. The molecule has 1 nitrogen and oxygen atoms in total.